The van der Waals surface area contributed by atoms with Crippen molar-refractivity contribution in [2.24, 2.45) is 5.92 Å². The maximum Gasteiger partial charge on any atom is 0.259 e. The summed E-state index contributed by atoms with van der Waals surface area (Å²) in [6.45, 7) is 2.35. The number of benzene rings is 1. The summed E-state index contributed by atoms with van der Waals surface area (Å²) in [5.74, 6) is 0.853. The molecule has 1 aliphatic heterocycles. The molecule has 2 amide bonds. The largest absolute Gasteiger partial charge is 0.497 e. The summed E-state index contributed by atoms with van der Waals surface area (Å²) in [5.41, 5.74) is -1.19. The molecule has 12 heteroatoms. The topological polar surface area (TPSA) is 139 Å². The van der Waals surface area contributed by atoms with Crippen LogP contribution in [0.25, 0.3) is 10.8 Å². The highest BCUT2D eigenvalue weighted by molar-refractivity contribution is 7.91. The van der Waals surface area contributed by atoms with E-state index >= 15 is 0 Å². The number of sulfonamides is 1. The van der Waals surface area contributed by atoms with E-state index in [2.05, 4.69) is 20.3 Å². The van der Waals surface area contributed by atoms with Crippen LogP contribution in [0.3, 0.4) is 0 Å². The van der Waals surface area contributed by atoms with Crippen molar-refractivity contribution in [3.63, 3.8) is 0 Å². The van der Waals surface area contributed by atoms with Crippen molar-refractivity contribution in [3.05, 3.63) is 24.3 Å². The number of carbonyl (C=O) groups excluding carboxylic acids is 2. The predicted octanol–water partition coefficient (Wildman–Crippen LogP) is 1.31. The first-order chi connectivity index (χ1) is 18.1. The Labute approximate surface area is 222 Å². The smallest absolute Gasteiger partial charge is 0.259 e. The van der Waals surface area contributed by atoms with Gasteiger partial charge in [0.05, 0.1) is 18.4 Å². The van der Waals surface area contributed by atoms with Crippen LogP contribution in [0.2, 0.25) is 0 Å². The molecule has 2 heterocycles. The maximum atomic E-state index is 13.2. The van der Waals surface area contributed by atoms with Gasteiger partial charge >= 0.3 is 0 Å². The van der Waals surface area contributed by atoms with Crippen LogP contribution in [0.15, 0.2) is 24.3 Å². The first-order valence-electron chi connectivity index (χ1n) is 13.0. The zero-order valence-electron chi connectivity index (χ0n) is 22.1. The lowest BCUT2D eigenvalue weighted by Crippen LogP contribution is -2.55. The summed E-state index contributed by atoms with van der Waals surface area (Å²) < 4.78 is 38.5. The van der Waals surface area contributed by atoms with E-state index < -0.39 is 32.8 Å². The molecule has 0 unspecified atom stereocenters. The SMILES string of the molecule is CC[C@@H]1C[C@]1(NC(=O)[C@@H]1C[C@@H](Oc2nc(N(C)C)cc3cc(OC)ccc23)CN1)C(=O)NS(=O)(=O)C1CC1. The van der Waals surface area contributed by atoms with Crippen LogP contribution >= 0.6 is 0 Å². The van der Waals surface area contributed by atoms with Crippen molar-refractivity contribution >= 4 is 38.4 Å². The Morgan fingerprint density at radius 2 is 2.00 bits per heavy atom. The first-order valence-corrected chi connectivity index (χ1v) is 14.5. The molecular weight excluding hydrogens is 510 g/mol. The lowest BCUT2D eigenvalue weighted by atomic mass is 10.1. The number of methoxy groups -OCH3 is 1. The third-order valence-corrected chi connectivity index (χ3v) is 9.50. The van der Waals surface area contributed by atoms with E-state index in [1.165, 1.54) is 0 Å². The van der Waals surface area contributed by atoms with E-state index in [9.17, 15) is 18.0 Å². The van der Waals surface area contributed by atoms with Crippen LogP contribution in [-0.4, -0.2) is 75.9 Å². The minimum absolute atomic E-state index is 0.101. The number of anilines is 1. The number of ether oxygens (including phenoxy) is 2. The quantitative estimate of drug-likeness (QED) is 0.403. The Bertz CT molecular complexity index is 1360. The van der Waals surface area contributed by atoms with Gasteiger partial charge in [0.25, 0.3) is 5.91 Å². The van der Waals surface area contributed by atoms with E-state index in [1.54, 1.807) is 7.11 Å². The highest BCUT2D eigenvalue weighted by Crippen LogP contribution is 2.46. The van der Waals surface area contributed by atoms with E-state index in [0.29, 0.717) is 44.5 Å². The predicted molar refractivity (Wildman–Crippen MR) is 143 cm³/mol. The molecule has 3 N–H and O–H groups in total. The van der Waals surface area contributed by atoms with E-state index in [1.807, 2.05) is 50.2 Å². The number of pyridine rings is 1. The van der Waals surface area contributed by atoms with Crippen molar-refractivity contribution in [2.45, 2.75) is 62.0 Å². The summed E-state index contributed by atoms with van der Waals surface area (Å²) in [5, 5.41) is 7.30. The van der Waals surface area contributed by atoms with Gasteiger partial charge in [0.1, 0.15) is 23.2 Å². The van der Waals surface area contributed by atoms with Gasteiger partial charge in [0.15, 0.2) is 0 Å². The van der Waals surface area contributed by atoms with Crippen LogP contribution in [0.4, 0.5) is 5.82 Å². The number of rotatable bonds is 10. The number of nitrogens with one attached hydrogen (secondary N) is 3. The van der Waals surface area contributed by atoms with Gasteiger partial charge in [-0.1, -0.05) is 13.3 Å². The summed E-state index contributed by atoms with van der Waals surface area (Å²) in [7, 11) is 1.72. The standard InChI is InChI=1S/C26H35N5O6S/c1-5-16-13-26(16,25(33)30-38(34,35)19-7-8-19)29-23(32)21-12-18(14-27-21)37-24-20-9-6-17(36-4)10-15(20)11-22(28-24)31(2)3/h6,9-11,16,18-19,21,27H,5,7-8,12-14H2,1-4H3,(H,29,32)(H,30,33)/t16-,18-,21+,26-/m1/s1. The maximum absolute atomic E-state index is 13.2. The van der Waals surface area contributed by atoms with Crippen LogP contribution in [0, 0.1) is 5.92 Å². The van der Waals surface area contributed by atoms with Gasteiger partial charge in [-0.3, -0.25) is 14.3 Å². The Morgan fingerprint density at radius 3 is 2.63 bits per heavy atom. The molecule has 1 saturated heterocycles. The molecule has 3 aliphatic rings. The average molecular weight is 546 g/mol. The summed E-state index contributed by atoms with van der Waals surface area (Å²) in [4.78, 5) is 32.8. The Kier molecular flexibility index (Phi) is 6.89. The zero-order chi connectivity index (χ0) is 27.2. The van der Waals surface area contributed by atoms with Gasteiger partial charge in [-0.15, -0.1) is 0 Å². The molecule has 2 aliphatic carbocycles. The fourth-order valence-corrected chi connectivity index (χ4v) is 6.45. The molecular formula is C26H35N5O6S. The number of carbonyl (C=O) groups is 2. The summed E-state index contributed by atoms with van der Waals surface area (Å²) >= 11 is 0. The Morgan fingerprint density at radius 1 is 1.24 bits per heavy atom. The molecule has 0 radical (unpaired) electrons. The fourth-order valence-electron chi connectivity index (χ4n) is 5.09. The molecule has 38 heavy (non-hydrogen) atoms. The van der Waals surface area contributed by atoms with Crippen molar-refractivity contribution in [2.75, 3.05) is 32.6 Å². The lowest BCUT2D eigenvalue weighted by Gasteiger charge is -2.21. The Balaban J connectivity index is 1.27. The van der Waals surface area contributed by atoms with Crippen molar-refractivity contribution in [3.8, 4) is 11.6 Å². The van der Waals surface area contributed by atoms with Crippen LogP contribution in [0.5, 0.6) is 11.6 Å². The summed E-state index contributed by atoms with van der Waals surface area (Å²) in [6.07, 6.45) is 2.26. The molecule has 0 spiro atoms. The van der Waals surface area contributed by atoms with Crippen molar-refractivity contribution in [1.82, 2.24) is 20.3 Å². The van der Waals surface area contributed by atoms with Gasteiger partial charge in [-0.25, -0.2) is 8.42 Å². The number of amides is 2. The van der Waals surface area contributed by atoms with Gasteiger partial charge in [0.2, 0.25) is 21.8 Å². The number of fused-ring (bicyclic) bond motifs is 1. The van der Waals surface area contributed by atoms with E-state index in [-0.39, 0.29) is 17.9 Å². The first kappa shape index (κ1) is 26.5. The third-order valence-electron chi connectivity index (χ3n) is 7.68. The van der Waals surface area contributed by atoms with Gasteiger partial charge in [-0.05, 0) is 54.8 Å². The van der Waals surface area contributed by atoms with E-state index in [4.69, 9.17) is 9.47 Å². The molecule has 11 nitrogen and oxygen atoms in total. The van der Waals surface area contributed by atoms with Gasteiger partial charge in [-0.2, -0.15) is 4.98 Å². The minimum Gasteiger partial charge on any atom is -0.497 e. The highest BCUT2D eigenvalue weighted by Gasteiger charge is 2.61. The fraction of sp³-hybridized carbons (Fsp3) is 0.577. The summed E-state index contributed by atoms with van der Waals surface area (Å²) in [6, 6.07) is 7.06. The second-order valence-electron chi connectivity index (χ2n) is 10.6. The normalized spacial score (nSPS) is 26.6. The molecule has 1 aromatic carbocycles. The zero-order valence-corrected chi connectivity index (χ0v) is 22.9. The lowest BCUT2D eigenvalue weighted by molar-refractivity contribution is -0.130. The number of aromatic nitrogens is 1. The second kappa shape index (κ2) is 9.88. The third kappa shape index (κ3) is 5.11. The molecule has 5 rings (SSSR count). The average Bonchev–Trinajstić information content (AvgIpc) is 3.80. The van der Waals surface area contributed by atoms with Gasteiger partial charge < -0.3 is 25.0 Å². The number of hydrogen-bond acceptors (Lipinski definition) is 9. The molecule has 2 aromatic rings. The van der Waals surface area contributed by atoms with E-state index in [0.717, 1.165) is 22.3 Å². The van der Waals surface area contributed by atoms with Crippen LogP contribution < -0.4 is 29.7 Å². The Hall–Kier alpha value is -3.12. The molecule has 206 valence electrons. The van der Waals surface area contributed by atoms with Crippen molar-refractivity contribution in [1.29, 1.82) is 0 Å². The minimum atomic E-state index is -3.70. The molecule has 4 atom stereocenters. The highest BCUT2D eigenvalue weighted by atomic mass is 32.2. The monoisotopic (exact) mass is 545 g/mol. The molecule has 1 aromatic heterocycles. The number of hydrogen-bond donors (Lipinski definition) is 3. The molecule has 3 fully saturated rings. The molecule has 2 saturated carbocycles. The van der Waals surface area contributed by atoms with Crippen LogP contribution in [-0.2, 0) is 19.6 Å². The second-order valence-corrected chi connectivity index (χ2v) is 12.6. The number of nitrogens with zero attached hydrogens (tertiary/aromatic N) is 2. The van der Waals surface area contributed by atoms with Gasteiger partial charge in [0, 0.05) is 32.4 Å². The molecule has 0 bridgehead atoms. The van der Waals surface area contributed by atoms with Crippen LogP contribution in [0.1, 0.15) is 39.0 Å². The van der Waals surface area contributed by atoms with Crippen molar-refractivity contribution < 1.29 is 27.5 Å².